The summed E-state index contributed by atoms with van der Waals surface area (Å²) in [6, 6.07) is 8.40. The summed E-state index contributed by atoms with van der Waals surface area (Å²) in [6.07, 6.45) is 1.68. The van der Waals surface area contributed by atoms with Gasteiger partial charge < -0.3 is 9.47 Å². The van der Waals surface area contributed by atoms with Crippen LogP contribution in [0.2, 0.25) is 0 Å². The van der Waals surface area contributed by atoms with Gasteiger partial charge in [0.15, 0.2) is 5.70 Å². The van der Waals surface area contributed by atoms with Crippen LogP contribution in [0, 0.1) is 0 Å². The largest absolute Gasteiger partial charge is 0.465 e. The molecule has 0 unspecified atom stereocenters. The highest BCUT2D eigenvalue weighted by Gasteiger charge is 2.24. The Morgan fingerprint density at radius 3 is 2.68 bits per heavy atom. The topological polar surface area (TPSA) is 65.0 Å². The number of rotatable bonds is 3. The van der Waals surface area contributed by atoms with Gasteiger partial charge in [0.1, 0.15) is 0 Å². The molecular weight excluding hydrogens is 302 g/mol. The fourth-order valence-corrected chi connectivity index (χ4v) is 2.53. The van der Waals surface area contributed by atoms with Crippen molar-refractivity contribution in [1.82, 2.24) is 0 Å². The number of benzene rings is 1. The normalized spacial score (nSPS) is 15.6. The Morgan fingerprint density at radius 2 is 2.05 bits per heavy atom. The van der Waals surface area contributed by atoms with Crippen LogP contribution in [0.4, 0.5) is 0 Å². The molecule has 0 radical (unpaired) electrons. The van der Waals surface area contributed by atoms with Gasteiger partial charge in [-0.05, 0) is 52.7 Å². The summed E-state index contributed by atoms with van der Waals surface area (Å²) < 4.78 is 9.80. The number of hydrogen-bond acceptors (Lipinski definition) is 6. The smallest absolute Gasteiger partial charge is 0.363 e. The van der Waals surface area contributed by atoms with E-state index in [2.05, 4.69) is 9.73 Å². The predicted octanol–water partition coefficient (Wildman–Crippen LogP) is 2.88. The predicted molar refractivity (Wildman–Crippen MR) is 82.7 cm³/mol. The molecular formula is C16H11NO4S. The molecule has 0 saturated carbocycles. The Balaban J connectivity index is 1.86. The van der Waals surface area contributed by atoms with Gasteiger partial charge >= 0.3 is 11.9 Å². The van der Waals surface area contributed by atoms with Crippen LogP contribution in [0.3, 0.4) is 0 Å². The zero-order valence-electron chi connectivity index (χ0n) is 11.6. The lowest BCUT2D eigenvalue weighted by Crippen LogP contribution is -2.06. The molecule has 1 aromatic heterocycles. The number of ether oxygens (including phenoxy) is 2. The minimum atomic E-state index is -0.488. The molecule has 0 saturated heterocycles. The van der Waals surface area contributed by atoms with Crippen molar-refractivity contribution >= 4 is 35.2 Å². The number of cyclic esters (lactones) is 1. The van der Waals surface area contributed by atoms with Crippen LogP contribution < -0.4 is 0 Å². The summed E-state index contributed by atoms with van der Waals surface area (Å²) in [6.45, 7) is 0. The van der Waals surface area contributed by atoms with Gasteiger partial charge in [-0.15, -0.1) is 0 Å². The molecule has 0 bridgehead atoms. The van der Waals surface area contributed by atoms with Crippen LogP contribution in [0.25, 0.3) is 6.08 Å². The molecule has 1 aliphatic rings. The van der Waals surface area contributed by atoms with Crippen molar-refractivity contribution < 1.29 is 19.1 Å². The van der Waals surface area contributed by atoms with E-state index in [1.807, 2.05) is 16.8 Å². The molecule has 0 spiro atoms. The molecule has 22 heavy (non-hydrogen) atoms. The molecule has 0 amide bonds. The summed E-state index contributed by atoms with van der Waals surface area (Å²) in [5, 5.41) is 3.84. The summed E-state index contributed by atoms with van der Waals surface area (Å²) >= 11 is 1.54. The van der Waals surface area contributed by atoms with Crippen molar-refractivity contribution in [2.45, 2.75) is 0 Å². The van der Waals surface area contributed by atoms with E-state index in [1.165, 1.54) is 18.4 Å². The Hall–Kier alpha value is -2.73. The third kappa shape index (κ3) is 2.82. The number of carbonyl (C=O) groups is 2. The Bertz CT molecular complexity index is 773. The van der Waals surface area contributed by atoms with Gasteiger partial charge in [-0.1, -0.05) is 0 Å². The number of methoxy groups -OCH3 is 1. The number of esters is 2. The SMILES string of the molecule is COC(=O)c1ccc(C2=N/C(=C/c3ccsc3)C(=O)O2)cc1. The highest BCUT2D eigenvalue weighted by Crippen LogP contribution is 2.20. The van der Waals surface area contributed by atoms with Crippen molar-refractivity contribution in [3.8, 4) is 0 Å². The zero-order valence-corrected chi connectivity index (χ0v) is 12.4. The van der Waals surface area contributed by atoms with E-state index in [1.54, 1.807) is 30.3 Å². The number of aliphatic imine (C=N–C) groups is 1. The van der Waals surface area contributed by atoms with Crippen molar-refractivity contribution in [2.75, 3.05) is 7.11 Å². The first-order valence-electron chi connectivity index (χ1n) is 6.41. The molecule has 0 atom stereocenters. The Kier molecular flexibility index (Phi) is 3.84. The molecule has 0 aliphatic carbocycles. The van der Waals surface area contributed by atoms with Crippen LogP contribution in [0.5, 0.6) is 0 Å². The van der Waals surface area contributed by atoms with Gasteiger partial charge in [0.25, 0.3) is 0 Å². The average molecular weight is 313 g/mol. The summed E-state index contributed by atoms with van der Waals surface area (Å²) in [5.41, 5.74) is 2.20. The first kappa shape index (κ1) is 14.2. The fourth-order valence-electron chi connectivity index (χ4n) is 1.91. The van der Waals surface area contributed by atoms with Gasteiger partial charge in [0.2, 0.25) is 5.90 Å². The fraction of sp³-hybridized carbons (Fsp3) is 0.0625. The first-order chi connectivity index (χ1) is 10.7. The van der Waals surface area contributed by atoms with E-state index in [0.29, 0.717) is 11.1 Å². The maximum absolute atomic E-state index is 11.8. The minimum absolute atomic E-state index is 0.225. The van der Waals surface area contributed by atoms with E-state index >= 15 is 0 Å². The minimum Gasteiger partial charge on any atom is -0.465 e. The molecule has 0 fully saturated rings. The molecule has 5 nitrogen and oxygen atoms in total. The quantitative estimate of drug-likeness (QED) is 0.645. The van der Waals surface area contributed by atoms with Crippen LogP contribution in [0.15, 0.2) is 51.8 Å². The van der Waals surface area contributed by atoms with Gasteiger partial charge in [0, 0.05) is 5.56 Å². The third-order valence-electron chi connectivity index (χ3n) is 3.02. The molecule has 1 aliphatic heterocycles. The van der Waals surface area contributed by atoms with Gasteiger partial charge in [0.05, 0.1) is 12.7 Å². The van der Waals surface area contributed by atoms with Gasteiger partial charge in [-0.3, -0.25) is 0 Å². The lowest BCUT2D eigenvalue weighted by Gasteiger charge is -2.01. The maximum atomic E-state index is 11.8. The van der Waals surface area contributed by atoms with Crippen LogP contribution in [-0.2, 0) is 14.3 Å². The molecule has 3 rings (SSSR count). The van der Waals surface area contributed by atoms with E-state index in [9.17, 15) is 9.59 Å². The second-order valence-electron chi connectivity index (χ2n) is 4.46. The van der Waals surface area contributed by atoms with Crippen LogP contribution >= 0.6 is 11.3 Å². The number of thiophene rings is 1. The molecule has 2 aromatic rings. The van der Waals surface area contributed by atoms with E-state index < -0.39 is 11.9 Å². The Labute approximate surface area is 130 Å². The Morgan fingerprint density at radius 1 is 1.27 bits per heavy atom. The second-order valence-corrected chi connectivity index (χ2v) is 5.24. The van der Waals surface area contributed by atoms with Crippen molar-refractivity contribution in [2.24, 2.45) is 4.99 Å². The van der Waals surface area contributed by atoms with E-state index in [-0.39, 0.29) is 11.6 Å². The van der Waals surface area contributed by atoms with E-state index in [0.717, 1.165) is 5.56 Å². The number of nitrogens with zero attached hydrogens (tertiary/aromatic N) is 1. The van der Waals surface area contributed by atoms with Gasteiger partial charge in [-0.25, -0.2) is 14.6 Å². The van der Waals surface area contributed by atoms with Crippen molar-refractivity contribution in [3.05, 3.63) is 63.5 Å². The second kappa shape index (κ2) is 5.95. The van der Waals surface area contributed by atoms with Crippen LogP contribution in [0.1, 0.15) is 21.5 Å². The third-order valence-corrected chi connectivity index (χ3v) is 3.72. The lowest BCUT2D eigenvalue weighted by molar-refractivity contribution is -0.129. The van der Waals surface area contributed by atoms with Crippen LogP contribution in [-0.4, -0.2) is 24.9 Å². The van der Waals surface area contributed by atoms with Crippen molar-refractivity contribution in [1.29, 1.82) is 0 Å². The number of hydrogen-bond donors (Lipinski definition) is 0. The standard InChI is InChI=1S/C16H11NO4S/c1-20-15(18)12-4-2-11(3-5-12)14-17-13(16(19)21-14)8-10-6-7-22-9-10/h2-9H,1H3/b13-8+. The van der Waals surface area contributed by atoms with E-state index in [4.69, 9.17) is 4.74 Å². The van der Waals surface area contributed by atoms with Crippen molar-refractivity contribution in [3.63, 3.8) is 0 Å². The van der Waals surface area contributed by atoms with Gasteiger partial charge in [-0.2, -0.15) is 11.3 Å². The first-order valence-corrected chi connectivity index (χ1v) is 7.35. The molecule has 6 heteroatoms. The maximum Gasteiger partial charge on any atom is 0.363 e. The summed E-state index contributed by atoms with van der Waals surface area (Å²) in [5.74, 6) is -0.684. The molecule has 1 aromatic carbocycles. The monoisotopic (exact) mass is 313 g/mol. The molecule has 0 N–H and O–H groups in total. The highest BCUT2D eigenvalue weighted by molar-refractivity contribution is 7.08. The summed E-state index contributed by atoms with van der Waals surface area (Å²) in [7, 11) is 1.32. The number of carbonyl (C=O) groups excluding carboxylic acids is 2. The molecule has 110 valence electrons. The lowest BCUT2D eigenvalue weighted by atomic mass is 10.1. The average Bonchev–Trinajstić information content (AvgIpc) is 3.18. The summed E-state index contributed by atoms with van der Waals surface area (Å²) in [4.78, 5) is 27.4. The molecule has 2 heterocycles. The highest BCUT2D eigenvalue weighted by atomic mass is 32.1. The zero-order chi connectivity index (χ0) is 15.5.